The van der Waals surface area contributed by atoms with E-state index in [4.69, 9.17) is 0 Å². The summed E-state index contributed by atoms with van der Waals surface area (Å²) in [5.74, 6) is 0.976. The molecule has 0 aromatic rings. The Labute approximate surface area is 116 Å². The summed E-state index contributed by atoms with van der Waals surface area (Å²) in [5, 5.41) is 3.41. The summed E-state index contributed by atoms with van der Waals surface area (Å²) in [4.78, 5) is 17.2. The van der Waals surface area contributed by atoms with Crippen molar-refractivity contribution in [1.82, 2.24) is 15.1 Å². The molecule has 1 N–H and O–H groups in total. The molecule has 2 unspecified atom stereocenters. The van der Waals surface area contributed by atoms with Gasteiger partial charge in [0.2, 0.25) is 5.91 Å². The molecule has 4 nitrogen and oxygen atoms in total. The molecule has 0 aromatic heterocycles. The molecule has 3 rings (SSSR count). The Morgan fingerprint density at radius 3 is 2.89 bits per heavy atom. The Morgan fingerprint density at radius 1 is 1.11 bits per heavy atom. The van der Waals surface area contributed by atoms with Gasteiger partial charge in [-0.25, -0.2) is 0 Å². The zero-order valence-electron chi connectivity index (χ0n) is 11.9. The molecule has 4 heteroatoms. The van der Waals surface area contributed by atoms with Crippen LogP contribution < -0.4 is 5.32 Å². The Morgan fingerprint density at radius 2 is 2.05 bits per heavy atom. The summed E-state index contributed by atoms with van der Waals surface area (Å²) < 4.78 is 0. The average molecular weight is 265 g/mol. The highest BCUT2D eigenvalue weighted by Crippen LogP contribution is 2.22. The zero-order chi connectivity index (χ0) is 13.1. The number of piperidine rings is 2. The van der Waals surface area contributed by atoms with E-state index in [1.165, 1.54) is 38.6 Å². The number of fused-ring (bicyclic) bond motifs is 1. The molecule has 0 aliphatic carbocycles. The quantitative estimate of drug-likeness (QED) is 0.811. The van der Waals surface area contributed by atoms with Crippen LogP contribution in [0.25, 0.3) is 0 Å². The van der Waals surface area contributed by atoms with Gasteiger partial charge in [-0.3, -0.25) is 9.69 Å². The minimum Gasteiger partial charge on any atom is -0.340 e. The molecular formula is C15H27N3O. The minimum atomic E-state index is 0.402. The first-order valence-electron chi connectivity index (χ1n) is 8.05. The van der Waals surface area contributed by atoms with Crippen LogP contribution in [-0.2, 0) is 4.79 Å². The highest BCUT2D eigenvalue weighted by molar-refractivity contribution is 5.76. The van der Waals surface area contributed by atoms with Gasteiger partial charge in [0.15, 0.2) is 0 Å². The second-order valence-corrected chi connectivity index (χ2v) is 6.44. The summed E-state index contributed by atoms with van der Waals surface area (Å²) in [6.45, 7) is 6.45. The minimum absolute atomic E-state index is 0.402. The highest BCUT2D eigenvalue weighted by Gasteiger charge is 2.31. The number of rotatable bonds is 2. The molecule has 2 atom stereocenters. The maximum atomic E-state index is 12.4. The SMILES string of the molecule is O=C(CC1CCCNC1)N1CCN2CCCCC2C1. The van der Waals surface area contributed by atoms with Crippen molar-refractivity contribution in [3.05, 3.63) is 0 Å². The van der Waals surface area contributed by atoms with Gasteiger partial charge >= 0.3 is 0 Å². The number of hydrogen-bond acceptors (Lipinski definition) is 3. The van der Waals surface area contributed by atoms with Gasteiger partial charge in [-0.2, -0.15) is 0 Å². The van der Waals surface area contributed by atoms with Gasteiger partial charge in [0.1, 0.15) is 0 Å². The summed E-state index contributed by atoms with van der Waals surface area (Å²) in [7, 11) is 0. The number of hydrogen-bond donors (Lipinski definition) is 1. The lowest BCUT2D eigenvalue weighted by Gasteiger charge is -2.44. The number of carbonyl (C=O) groups excluding carboxylic acids is 1. The van der Waals surface area contributed by atoms with Gasteiger partial charge in [-0.05, 0) is 51.2 Å². The van der Waals surface area contributed by atoms with Crippen molar-refractivity contribution in [3.8, 4) is 0 Å². The average Bonchev–Trinajstić information content (AvgIpc) is 2.48. The zero-order valence-corrected chi connectivity index (χ0v) is 11.9. The summed E-state index contributed by atoms with van der Waals surface area (Å²) in [6, 6.07) is 0.649. The number of amides is 1. The third kappa shape index (κ3) is 3.29. The maximum Gasteiger partial charge on any atom is 0.222 e. The lowest BCUT2D eigenvalue weighted by Crippen LogP contribution is -2.56. The molecule has 3 fully saturated rings. The van der Waals surface area contributed by atoms with Gasteiger partial charge < -0.3 is 10.2 Å². The normalized spacial score (nSPS) is 32.9. The van der Waals surface area contributed by atoms with Crippen LogP contribution in [0.2, 0.25) is 0 Å². The smallest absolute Gasteiger partial charge is 0.222 e. The predicted molar refractivity (Wildman–Crippen MR) is 76.0 cm³/mol. The van der Waals surface area contributed by atoms with E-state index >= 15 is 0 Å². The first-order chi connectivity index (χ1) is 9.33. The third-order valence-corrected chi connectivity index (χ3v) is 5.05. The lowest BCUT2D eigenvalue weighted by atomic mass is 9.94. The van der Waals surface area contributed by atoms with Gasteiger partial charge in [0.05, 0.1) is 0 Å². The number of nitrogens with one attached hydrogen (secondary N) is 1. The van der Waals surface area contributed by atoms with E-state index in [1.54, 1.807) is 0 Å². The molecule has 1 amide bonds. The fourth-order valence-electron chi connectivity index (χ4n) is 3.86. The van der Waals surface area contributed by atoms with Crippen LogP contribution in [0.15, 0.2) is 0 Å². The van der Waals surface area contributed by atoms with Crippen molar-refractivity contribution < 1.29 is 4.79 Å². The molecule has 3 aliphatic heterocycles. The molecule has 0 aromatic carbocycles. The Bertz CT molecular complexity index is 315. The van der Waals surface area contributed by atoms with Crippen LogP contribution in [0.4, 0.5) is 0 Å². The number of piperazine rings is 1. The van der Waals surface area contributed by atoms with Gasteiger partial charge in [-0.1, -0.05) is 6.42 Å². The maximum absolute atomic E-state index is 12.4. The van der Waals surface area contributed by atoms with Crippen LogP contribution in [0.1, 0.15) is 38.5 Å². The Hall–Kier alpha value is -0.610. The van der Waals surface area contributed by atoms with Gasteiger partial charge in [-0.15, -0.1) is 0 Å². The predicted octanol–water partition coefficient (Wildman–Crippen LogP) is 1.07. The molecule has 108 valence electrons. The van der Waals surface area contributed by atoms with E-state index in [2.05, 4.69) is 15.1 Å². The van der Waals surface area contributed by atoms with Crippen molar-refractivity contribution in [2.45, 2.75) is 44.6 Å². The molecule has 19 heavy (non-hydrogen) atoms. The van der Waals surface area contributed by atoms with E-state index in [1.807, 2.05) is 0 Å². The second-order valence-electron chi connectivity index (χ2n) is 6.44. The van der Waals surface area contributed by atoms with E-state index in [0.29, 0.717) is 17.9 Å². The number of carbonyl (C=O) groups is 1. The third-order valence-electron chi connectivity index (χ3n) is 5.05. The van der Waals surface area contributed by atoms with Crippen LogP contribution in [0, 0.1) is 5.92 Å². The van der Waals surface area contributed by atoms with Crippen LogP contribution in [-0.4, -0.2) is 61.0 Å². The standard InChI is InChI=1S/C15H27N3O/c19-15(10-13-4-3-6-16-11-13)18-9-8-17-7-2-1-5-14(17)12-18/h13-14,16H,1-12H2. The largest absolute Gasteiger partial charge is 0.340 e. The molecule has 0 bridgehead atoms. The molecular weight excluding hydrogens is 238 g/mol. The van der Waals surface area contributed by atoms with Gasteiger partial charge in [0, 0.05) is 32.1 Å². The van der Waals surface area contributed by atoms with E-state index < -0.39 is 0 Å². The van der Waals surface area contributed by atoms with E-state index in [0.717, 1.165) is 39.1 Å². The Balaban J connectivity index is 1.49. The molecule has 0 spiro atoms. The van der Waals surface area contributed by atoms with Crippen molar-refractivity contribution >= 4 is 5.91 Å². The Kier molecular flexibility index (Phi) is 4.38. The topological polar surface area (TPSA) is 35.6 Å². The van der Waals surface area contributed by atoms with Crippen LogP contribution >= 0.6 is 0 Å². The fraction of sp³-hybridized carbons (Fsp3) is 0.933. The molecule has 0 saturated carbocycles. The van der Waals surface area contributed by atoms with Crippen molar-refractivity contribution in [2.75, 3.05) is 39.3 Å². The van der Waals surface area contributed by atoms with Crippen molar-refractivity contribution in [2.24, 2.45) is 5.92 Å². The number of nitrogens with zero attached hydrogens (tertiary/aromatic N) is 2. The second kappa shape index (κ2) is 6.23. The first kappa shape index (κ1) is 13.4. The highest BCUT2D eigenvalue weighted by atomic mass is 16.2. The van der Waals surface area contributed by atoms with Crippen molar-refractivity contribution in [3.63, 3.8) is 0 Å². The van der Waals surface area contributed by atoms with Crippen LogP contribution in [0.5, 0.6) is 0 Å². The first-order valence-corrected chi connectivity index (χ1v) is 8.05. The summed E-state index contributed by atoms with van der Waals surface area (Å²) in [6.07, 6.45) is 7.19. The van der Waals surface area contributed by atoms with E-state index in [9.17, 15) is 4.79 Å². The fourth-order valence-corrected chi connectivity index (χ4v) is 3.86. The summed E-state index contributed by atoms with van der Waals surface area (Å²) in [5.41, 5.74) is 0. The van der Waals surface area contributed by atoms with Gasteiger partial charge in [0.25, 0.3) is 0 Å². The molecule has 3 aliphatic rings. The molecule has 3 heterocycles. The monoisotopic (exact) mass is 265 g/mol. The lowest BCUT2D eigenvalue weighted by molar-refractivity contribution is -0.135. The van der Waals surface area contributed by atoms with Crippen LogP contribution in [0.3, 0.4) is 0 Å². The van der Waals surface area contributed by atoms with Crippen molar-refractivity contribution in [1.29, 1.82) is 0 Å². The molecule has 0 radical (unpaired) electrons. The molecule has 3 saturated heterocycles. The summed E-state index contributed by atoms with van der Waals surface area (Å²) >= 11 is 0. The van der Waals surface area contributed by atoms with E-state index in [-0.39, 0.29) is 0 Å².